The van der Waals surface area contributed by atoms with Gasteiger partial charge in [-0.3, -0.25) is 4.99 Å². The first-order valence-electron chi connectivity index (χ1n) is 6.79. The Morgan fingerprint density at radius 2 is 1.94 bits per heavy atom. The number of nitrogens with zero attached hydrogens (tertiary/aromatic N) is 2. The summed E-state index contributed by atoms with van der Waals surface area (Å²) in [5.74, 6) is 1.10. The molecule has 1 N–H and O–H groups in total. The van der Waals surface area contributed by atoms with Gasteiger partial charge in [-0.15, -0.1) is 0 Å². The lowest BCUT2D eigenvalue weighted by Gasteiger charge is -2.32. The van der Waals surface area contributed by atoms with E-state index in [1.54, 1.807) is 0 Å². The van der Waals surface area contributed by atoms with Crippen LogP contribution in [0.4, 0.5) is 0 Å². The maximum atomic E-state index is 4.59. The minimum absolute atomic E-state index is 0.494. The summed E-state index contributed by atoms with van der Waals surface area (Å²) >= 11 is 0. The Labute approximate surface area is 109 Å². The summed E-state index contributed by atoms with van der Waals surface area (Å²) in [4.78, 5) is 7.03. The van der Waals surface area contributed by atoms with Gasteiger partial charge in [0.15, 0.2) is 5.96 Å². The van der Waals surface area contributed by atoms with E-state index in [9.17, 15) is 0 Å². The number of fused-ring (bicyclic) bond motifs is 1. The molecular weight excluding hydrogens is 222 g/mol. The van der Waals surface area contributed by atoms with Crippen LogP contribution in [0.2, 0.25) is 0 Å². The van der Waals surface area contributed by atoms with Gasteiger partial charge in [0, 0.05) is 19.1 Å². The summed E-state index contributed by atoms with van der Waals surface area (Å²) in [5, 5.41) is 3.46. The monoisotopic (exact) mass is 243 g/mol. The van der Waals surface area contributed by atoms with Gasteiger partial charge in [-0.1, -0.05) is 29.3 Å². The number of hydrogen-bond acceptors (Lipinski definition) is 3. The fourth-order valence-electron chi connectivity index (χ4n) is 3.14. The molecule has 0 bridgehead atoms. The molecule has 3 nitrogen and oxygen atoms in total. The number of guanidine groups is 1. The molecule has 0 aromatic heterocycles. The molecule has 2 aliphatic heterocycles. The molecule has 2 atom stereocenters. The molecule has 3 heteroatoms. The normalized spacial score (nSPS) is 26.6. The van der Waals surface area contributed by atoms with Gasteiger partial charge in [-0.05, 0) is 32.8 Å². The topological polar surface area (TPSA) is 27.6 Å². The van der Waals surface area contributed by atoms with Crippen LogP contribution in [0.25, 0.3) is 0 Å². The summed E-state index contributed by atoms with van der Waals surface area (Å²) in [6.07, 6.45) is 1.13. The van der Waals surface area contributed by atoms with E-state index in [-0.39, 0.29) is 0 Å². The van der Waals surface area contributed by atoms with Crippen molar-refractivity contribution in [2.45, 2.75) is 39.3 Å². The van der Waals surface area contributed by atoms with Crippen LogP contribution in [0.15, 0.2) is 23.2 Å². The van der Waals surface area contributed by atoms with Gasteiger partial charge in [0.25, 0.3) is 0 Å². The highest BCUT2D eigenvalue weighted by atomic mass is 15.4. The standard InChI is InChI=1S/C15H21N3/c1-10-6-11(2)8-13(7-10)14-4-5-16-15-17-12(3)9-18(14)15/h6-8,12,14H,4-5,9H2,1-3H3,(H,16,17). The third-order valence-electron chi connectivity index (χ3n) is 3.79. The van der Waals surface area contributed by atoms with Crippen LogP contribution in [0.1, 0.15) is 36.1 Å². The molecule has 96 valence electrons. The highest BCUT2D eigenvalue weighted by molar-refractivity contribution is 5.83. The second kappa shape index (κ2) is 4.30. The minimum atomic E-state index is 0.494. The average molecular weight is 243 g/mol. The fourth-order valence-corrected chi connectivity index (χ4v) is 3.14. The van der Waals surface area contributed by atoms with Crippen LogP contribution in [-0.4, -0.2) is 30.0 Å². The van der Waals surface area contributed by atoms with Crippen molar-refractivity contribution in [1.82, 2.24) is 10.2 Å². The molecular formula is C15H21N3. The molecule has 0 spiro atoms. The first kappa shape index (κ1) is 11.6. The number of hydrogen-bond donors (Lipinski definition) is 1. The van der Waals surface area contributed by atoms with Crippen LogP contribution >= 0.6 is 0 Å². The molecule has 1 fully saturated rings. The number of rotatable bonds is 1. The van der Waals surface area contributed by atoms with Gasteiger partial charge in [-0.2, -0.15) is 0 Å². The molecule has 0 aliphatic carbocycles. The first-order chi connectivity index (χ1) is 8.63. The third kappa shape index (κ3) is 1.98. The Hall–Kier alpha value is -1.51. The van der Waals surface area contributed by atoms with E-state index in [0.717, 1.165) is 25.5 Å². The van der Waals surface area contributed by atoms with Gasteiger partial charge in [0.2, 0.25) is 0 Å². The zero-order chi connectivity index (χ0) is 12.7. The largest absolute Gasteiger partial charge is 0.352 e. The van der Waals surface area contributed by atoms with Crippen molar-refractivity contribution in [3.05, 3.63) is 34.9 Å². The quantitative estimate of drug-likeness (QED) is 0.820. The Morgan fingerprint density at radius 3 is 2.67 bits per heavy atom. The van der Waals surface area contributed by atoms with E-state index in [1.165, 1.54) is 16.7 Å². The van der Waals surface area contributed by atoms with Crippen LogP contribution in [0, 0.1) is 13.8 Å². The van der Waals surface area contributed by atoms with Gasteiger partial charge < -0.3 is 10.2 Å². The molecule has 2 unspecified atom stereocenters. The second-order valence-corrected chi connectivity index (χ2v) is 5.63. The number of aryl methyl sites for hydroxylation is 2. The molecule has 0 amide bonds. The zero-order valence-electron chi connectivity index (χ0n) is 11.4. The third-order valence-corrected chi connectivity index (χ3v) is 3.79. The van der Waals surface area contributed by atoms with Crippen molar-refractivity contribution in [1.29, 1.82) is 0 Å². The van der Waals surface area contributed by atoms with E-state index in [2.05, 4.69) is 54.2 Å². The Bertz CT molecular complexity index is 472. The summed E-state index contributed by atoms with van der Waals surface area (Å²) in [5.41, 5.74) is 4.15. The van der Waals surface area contributed by atoms with Crippen molar-refractivity contribution in [2.24, 2.45) is 4.99 Å². The predicted octanol–water partition coefficient (Wildman–Crippen LogP) is 2.40. The van der Waals surface area contributed by atoms with Crippen molar-refractivity contribution in [3.8, 4) is 0 Å². The molecule has 2 aliphatic rings. The maximum absolute atomic E-state index is 4.59. The van der Waals surface area contributed by atoms with Crippen LogP contribution < -0.4 is 5.32 Å². The maximum Gasteiger partial charge on any atom is 0.194 e. The van der Waals surface area contributed by atoms with Gasteiger partial charge in [-0.25, -0.2) is 0 Å². The van der Waals surface area contributed by atoms with Gasteiger partial charge in [0.1, 0.15) is 0 Å². The van der Waals surface area contributed by atoms with E-state index in [4.69, 9.17) is 0 Å². The molecule has 18 heavy (non-hydrogen) atoms. The predicted molar refractivity (Wildman–Crippen MR) is 74.9 cm³/mol. The molecule has 1 saturated heterocycles. The summed E-state index contributed by atoms with van der Waals surface area (Å²) in [7, 11) is 0. The summed E-state index contributed by atoms with van der Waals surface area (Å²) in [6.45, 7) is 8.58. The van der Waals surface area contributed by atoms with Crippen molar-refractivity contribution < 1.29 is 0 Å². The second-order valence-electron chi connectivity index (χ2n) is 5.63. The molecule has 0 radical (unpaired) electrons. The van der Waals surface area contributed by atoms with Gasteiger partial charge in [0.05, 0.1) is 6.04 Å². The number of aliphatic imine (C=N–C) groups is 1. The van der Waals surface area contributed by atoms with Crippen LogP contribution in [0.3, 0.4) is 0 Å². The van der Waals surface area contributed by atoms with Gasteiger partial charge >= 0.3 is 0 Å². The van der Waals surface area contributed by atoms with Crippen molar-refractivity contribution >= 4 is 5.96 Å². The van der Waals surface area contributed by atoms with E-state index in [1.807, 2.05) is 0 Å². The van der Waals surface area contributed by atoms with Crippen molar-refractivity contribution in [3.63, 3.8) is 0 Å². The minimum Gasteiger partial charge on any atom is -0.352 e. The van der Waals surface area contributed by atoms with Crippen LogP contribution in [-0.2, 0) is 0 Å². The van der Waals surface area contributed by atoms with Crippen LogP contribution in [0.5, 0.6) is 0 Å². The smallest absolute Gasteiger partial charge is 0.194 e. The molecule has 3 rings (SSSR count). The fraction of sp³-hybridized carbons (Fsp3) is 0.533. The highest BCUT2D eigenvalue weighted by Crippen LogP contribution is 2.30. The van der Waals surface area contributed by atoms with E-state index >= 15 is 0 Å². The number of benzene rings is 1. The lowest BCUT2D eigenvalue weighted by molar-refractivity contribution is 0.305. The Balaban J connectivity index is 1.94. The van der Waals surface area contributed by atoms with E-state index < -0.39 is 0 Å². The summed E-state index contributed by atoms with van der Waals surface area (Å²) < 4.78 is 0. The summed E-state index contributed by atoms with van der Waals surface area (Å²) in [6, 6.07) is 7.89. The molecule has 2 heterocycles. The highest BCUT2D eigenvalue weighted by Gasteiger charge is 2.33. The zero-order valence-corrected chi connectivity index (χ0v) is 11.4. The lowest BCUT2D eigenvalue weighted by Crippen LogP contribution is -2.37. The number of nitrogens with one attached hydrogen (secondary N) is 1. The first-order valence-corrected chi connectivity index (χ1v) is 6.79. The molecule has 0 saturated carbocycles. The molecule has 1 aromatic carbocycles. The Kier molecular flexibility index (Phi) is 2.77. The Morgan fingerprint density at radius 1 is 1.22 bits per heavy atom. The van der Waals surface area contributed by atoms with E-state index in [0.29, 0.717) is 12.1 Å². The molecule has 1 aromatic rings. The van der Waals surface area contributed by atoms with Crippen molar-refractivity contribution in [2.75, 3.05) is 13.1 Å². The average Bonchev–Trinajstić information content (AvgIpc) is 2.67. The lowest BCUT2D eigenvalue weighted by atomic mass is 9.97. The SMILES string of the molecule is Cc1cc(C)cc(C2CCN=C3NC(C)CN32)c1.